The number of aliphatic hydroxyl groups excluding tert-OH is 1. The molecule has 1 aliphatic rings. The second kappa shape index (κ2) is 18.1. The number of hydrogen-bond acceptors (Lipinski definition) is 12. The molecule has 1 fully saturated rings. The number of esters is 4. The van der Waals surface area contributed by atoms with Gasteiger partial charge in [0, 0.05) is 5.56 Å². The van der Waals surface area contributed by atoms with Crippen molar-refractivity contribution < 1.29 is 52.8 Å². The van der Waals surface area contributed by atoms with Gasteiger partial charge in [-0.15, -0.1) is 0 Å². The molecular weight excluding hydrogens is 658 g/mol. The Morgan fingerprint density at radius 1 is 0.882 bits per heavy atom. The summed E-state index contributed by atoms with van der Waals surface area (Å²) in [5.74, 6) is -4.24. The van der Waals surface area contributed by atoms with Crippen LogP contribution in [0.4, 0.5) is 0 Å². The first kappa shape index (κ1) is 39.2. The van der Waals surface area contributed by atoms with Crippen molar-refractivity contribution in [2.75, 3.05) is 46.8 Å². The van der Waals surface area contributed by atoms with E-state index in [1.165, 1.54) is 7.11 Å². The summed E-state index contributed by atoms with van der Waals surface area (Å²) in [6, 6.07) is 18.2. The van der Waals surface area contributed by atoms with E-state index in [0.717, 1.165) is 27.1 Å². The Balaban J connectivity index is 1.41. The lowest BCUT2D eigenvalue weighted by Crippen LogP contribution is -2.38. The Morgan fingerprint density at radius 2 is 1.49 bits per heavy atom. The lowest BCUT2D eigenvalue weighted by Gasteiger charge is -2.32. The number of ether oxygens (including phenoxy) is 5. The van der Waals surface area contributed by atoms with Crippen LogP contribution in [0.3, 0.4) is 0 Å². The zero-order valence-corrected chi connectivity index (χ0v) is 30.1. The fourth-order valence-electron chi connectivity index (χ4n) is 6.15. The van der Waals surface area contributed by atoms with Crippen molar-refractivity contribution in [1.82, 2.24) is 0 Å². The monoisotopic (exact) mass is 707 g/mol. The van der Waals surface area contributed by atoms with Gasteiger partial charge in [0.1, 0.15) is 25.9 Å². The van der Waals surface area contributed by atoms with E-state index in [4.69, 9.17) is 28.5 Å². The number of carbonyl (C=O) groups excluding carboxylic acids is 4. The number of nitrogens with zero attached hydrogens (tertiary/aromatic N) is 1. The summed E-state index contributed by atoms with van der Waals surface area (Å²) in [5.41, 5.74) is -1.32. The van der Waals surface area contributed by atoms with Crippen LogP contribution >= 0.6 is 0 Å². The molecule has 276 valence electrons. The van der Waals surface area contributed by atoms with Crippen molar-refractivity contribution in [3.8, 4) is 0 Å². The maximum Gasteiger partial charge on any atom is 0.311 e. The van der Waals surface area contributed by atoms with Gasteiger partial charge in [0.2, 0.25) is 0 Å². The van der Waals surface area contributed by atoms with Gasteiger partial charge >= 0.3 is 23.9 Å². The van der Waals surface area contributed by atoms with Crippen LogP contribution < -0.4 is 0 Å². The molecule has 1 N–H and O–H groups in total. The molecule has 4 unspecified atom stereocenters. The number of benzene rings is 3. The Kier molecular flexibility index (Phi) is 13.9. The highest BCUT2D eigenvalue weighted by atomic mass is 16.6. The molecular formula is C39H49NO11. The second-order valence-electron chi connectivity index (χ2n) is 13.7. The highest BCUT2D eigenvalue weighted by Gasteiger charge is 2.43. The van der Waals surface area contributed by atoms with E-state index in [1.54, 1.807) is 27.0 Å². The molecule has 12 nitrogen and oxygen atoms in total. The number of hydrogen-bond donors (Lipinski definition) is 1. The molecule has 3 aromatic carbocycles. The molecule has 4 rings (SSSR count). The van der Waals surface area contributed by atoms with Crippen LogP contribution in [-0.2, 0) is 47.7 Å². The molecule has 3 aromatic rings. The van der Waals surface area contributed by atoms with Crippen LogP contribution in [0.1, 0.15) is 58.9 Å². The Hall–Kier alpha value is -4.55. The zero-order chi connectivity index (χ0) is 37.0. The molecule has 1 aliphatic heterocycles. The molecule has 4 atom stereocenters. The summed E-state index contributed by atoms with van der Waals surface area (Å²) in [5, 5.41) is 17.7. The SMILES string of the molecule is CCC(C)(CC(CC(CC(C)(C)C(=O)OCCON=Cc1c2ccccc2cc2ccccc12)C(=O)OCCO)C(=O)OCC1CO1)C(=O)OC. The lowest BCUT2D eigenvalue weighted by atomic mass is 9.73. The molecule has 12 heteroatoms. The van der Waals surface area contributed by atoms with E-state index < -0.39 is 53.1 Å². The van der Waals surface area contributed by atoms with Crippen LogP contribution in [0.5, 0.6) is 0 Å². The molecule has 1 saturated heterocycles. The molecule has 0 radical (unpaired) electrons. The van der Waals surface area contributed by atoms with Crippen LogP contribution in [0.15, 0.2) is 59.8 Å². The molecule has 1 heterocycles. The van der Waals surface area contributed by atoms with Gasteiger partial charge < -0.3 is 33.6 Å². The molecule has 0 bridgehead atoms. The predicted octanol–water partition coefficient (Wildman–Crippen LogP) is 5.38. The molecule has 0 aromatic heterocycles. The third-order valence-corrected chi connectivity index (χ3v) is 9.33. The summed E-state index contributed by atoms with van der Waals surface area (Å²) >= 11 is 0. The number of aliphatic hydroxyl groups is 1. The van der Waals surface area contributed by atoms with Crippen molar-refractivity contribution >= 4 is 51.6 Å². The first-order valence-electron chi connectivity index (χ1n) is 17.3. The molecule has 0 amide bonds. The number of epoxide rings is 1. The highest BCUT2D eigenvalue weighted by Crippen LogP contribution is 2.38. The minimum Gasteiger partial charge on any atom is -0.469 e. The lowest BCUT2D eigenvalue weighted by molar-refractivity contribution is -0.161. The van der Waals surface area contributed by atoms with E-state index in [-0.39, 0.29) is 51.8 Å². The summed E-state index contributed by atoms with van der Waals surface area (Å²) in [6.45, 7) is 6.55. The van der Waals surface area contributed by atoms with E-state index >= 15 is 0 Å². The largest absolute Gasteiger partial charge is 0.469 e. The Bertz CT molecular complexity index is 1640. The van der Waals surface area contributed by atoms with Crippen molar-refractivity contribution in [2.45, 2.75) is 59.5 Å². The fraction of sp³-hybridized carbons (Fsp3) is 0.513. The van der Waals surface area contributed by atoms with E-state index in [0.29, 0.717) is 13.0 Å². The van der Waals surface area contributed by atoms with E-state index in [9.17, 15) is 24.3 Å². The average molecular weight is 708 g/mol. The number of oxime groups is 1. The smallest absolute Gasteiger partial charge is 0.311 e. The van der Waals surface area contributed by atoms with Gasteiger partial charge in [0.05, 0.1) is 49.2 Å². The van der Waals surface area contributed by atoms with Crippen molar-refractivity contribution in [3.05, 3.63) is 60.2 Å². The van der Waals surface area contributed by atoms with Crippen molar-refractivity contribution in [1.29, 1.82) is 0 Å². The summed E-state index contributed by atoms with van der Waals surface area (Å²) < 4.78 is 26.5. The second-order valence-corrected chi connectivity index (χ2v) is 13.7. The minimum atomic E-state index is -1.19. The number of methoxy groups -OCH3 is 1. The number of fused-ring (bicyclic) bond motifs is 2. The average Bonchev–Trinajstić information content (AvgIpc) is 3.97. The highest BCUT2D eigenvalue weighted by molar-refractivity contribution is 6.13. The number of carbonyl (C=O) groups is 4. The quantitative estimate of drug-likeness (QED) is 0.0306. The van der Waals surface area contributed by atoms with Gasteiger partial charge in [-0.2, -0.15) is 0 Å². The van der Waals surface area contributed by atoms with E-state index in [2.05, 4.69) is 11.2 Å². The number of rotatable bonds is 20. The van der Waals surface area contributed by atoms with Gasteiger partial charge in [0.15, 0.2) is 6.61 Å². The van der Waals surface area contributed by atoms with Crippen LogP contribution in [0, 0.1) is 22.7 Å². The van der Waals surface area contributed by atoms with Gasteiger partial charge in [0.25, 0.3) is 0 Å². The van der Waals surface area contributed by atoms with Gasteiger partial charge in [-0.25, -0.2) is 0 Å². The maximum atomic E-state index is 13.4. The van der Waals surface area contributed by atoms with Gasteiger partial charge in [-0.1, -0.05) is 60.6 Å². The van der Waals surface area contributed by atoms with Crippen LogP contribution in [0.25, 0.3) is 21.5 Å². The van der Waals surface area contributed by atoms with Gasteiger partial charge in [-0.05, 0) is 74.1 Å². The topological polar surface area (TPSA) is 160 Å². The zero-order valence-electron chi connectivity index (χ0n) is 30.1. The minimum absolute atomic E-state index is 0.00919. The summed E-state index contributed by atoms with van der Waals surface area (Å²) in [7, 11) is 1.28. The molecule has 0 spiro atoms. The Morgan fingerprint density at radius 3 is 2.08 bits per heavy atom. The van der Waals surface area contributed by atoms with Crippen molar-refractivity contribution in [2.24, 2.45) is 27.8 Å². The maximum absolute atomic E-state index is 13.4. The normalized spacial score (nSPS) is 16.6. The first-order chi connectivity index (χ1) is 24.4. The Labute approximate surface area is 298 Å². The summed E-state index contributed by atoms with van der Waals surface area (Å²) in [4.78, 5) is 58.2. The van der Waals surface area contributed by atoms with Crippen molar-refractivity contribution in [3.63, 3.8) is 0 Å². The van der Waals surface area contributed by atoms with Crippen LogP contribution in [0.2, 0.25) is 0 Å². The first-order valence-corrected chi connectivity index (χ1v) is 17.3. The van der Waals surface area contributed by atoms with Crippen LogP contribution in [-0.4, -0.2) is 88.1 Å². The summed E-state index contributed by atoms with van der Waals surface area (Å²) in [6.07, 6.45) is 1.78. The fourth-order valence-corrected chi connectivity index (χ4v) is 6.15. The molecule has 51 heavy (non-hydrogen) atoms. The molecule has 0 saturated carbocycles. The predicted molar refractivity (Wildman–Crippen MR) is 190 cm³/mol. The third-order valence-electron chi connectivity index (χ3n) is 9.33. The van der Waals surface area contributed by atoms with E-state index in [1.807, 2.05) is 55.5 Å². The molecule has 0 aliphatic carbocycles. The standard InChI is InChI=1S/C39H49NO11/c1-6-39(4,37(45)46-5)22-29(35(43)50-25-30-24-49-30)20-28(34(42)47-16-15-41)21-38(2,3)36(44)48-17-18-51-40-23-33-31-13-9-7-11-26(31)19-27-12-8-10-14-32(27)33/h7-14,19,23,28-30,41H,6,15-18,20-22,24-25H2,1-5H3. The van der Waals surface area contributed by atoms with Gasteiger partial charge in [-0.3, -0.25) is 19.2 Å². The third kappa shape index (κ3) is 10.7.